The van der Waals surface area contributed by atoms with Gasteiger partial charge in [-0.1, -0.05) is 38.1 Å². The Kier molecular flexibility index (Phi) is 4.99. The van der Waals surface area contributed by atoms with E-state index in [-0.39, 0.29) is 0 Å². The molecule has 2 nitrogen and oxygen atoms in total. The summed E-state index contributed by atoms with van der Waals surface area (Å²) in [5.74, 6) is 1.94. The lowest BCUT2D eigenvalue weighted by atomic mass is 9.92. The molecule has 22 heavy (non-hydrogen) atoms. The lowest BCUT2D eigenvalue weighted by Gasteiger charge is -2.21. The molecule has 0 aliphatic carbocycles. The Hall–Kier alpha value is -1.54. The zero-order valence-corrected chi connectivity index (χ0v) is 13.5. The van der Waals surface area contributed by atoms with Crippen molar-refractivity contribution in [3.63, 3.8) is 0 Å². The topological polar surface area (TPSA) is 18.5 Å². The molecule has 1 unspecified atom stereocenters. The summed E-state index contributed by atoms with van der Waals surface area (Å²) in [7, 11) is 0. The normalized spacial score (nSPS) is 18.8. The molecule has 0 aromatic heterocycles. The third kappa shape index (κ3) is 3.80. The molecule has 116 valence electrons. The fourth-order valence-electron chi connectivity index (χ4n) is 2.77. The third-order valence-electron chi connectivity index (χ3n) is 4.17. The molecule has 1 saturated heterocycles. The van der Waals surface area contributed by atoms with Crippen molar-refractivity contribution in [2.24, 2.45) is 5.92 Å². The largest absolute Gasteiger partial charge is 0.494 e. The average Bonchev–Trinajstić information content (AvgIpc) is 2.55. The van der Waals surface area contributed by atoms with E-state index in [4.69, 9.17) is 9.47 Å². The van der Waals surface area contributed by atoms with Crippen molar-refractivity contribution in [2.45, 2.75) is 39.0 Å². The van der Waals surface area contributed by atoms with Crippen molar-refractivity contribution in [1.29, 1.82) is 0 Å². The molecule has 2 radical (unpaired) electrons. The predicted octanol–water partition coefficient (Wildman–Crippen LogP) is 5.20. The Labute approximate surface area is 133 Å². The predicted molar refractivity (Wildman–Crippen MR) is 90.1 cm³/mol. The first kappa shape index (κ1) is 15.4. The molecular formula is C20H24O2. The number of hydrogen-bond donors (Lipinski definition) is 0. The molecule has 0 saturated carbocycles. The van der Waals surface area contributed by atoms with Gasteiger partial charge < -0.3 is 9.47 Å². The van der Waals surface area contributed by atoms with Crippen LogP contribution in [0.2, 0.25) is 0 Å². The molecule has 0 amide bonds. The molecule has 2 aromatic carbocycles. The number of rotatable bonds is 5. The minimum atomic E-state index is 0.306. The highest BCUT2D eigenvalue weighted by Crippen LogP contribution is 2.31. The molecule has 2 heteroatoms. The monoisotopic (exact) mass is 296 g/mol. The van der Waals surface area contributed by atoms with Gasteiger partial charge in [-0.2, -0.15) is 0 Å². The van der Waals surface area contributed by atoms with Crippen LogP contribution in [0.5, 0.6) is 5.75 Å². The van der Waals surface area contributed by atoms with E-state index in [1.54, 1.807) is 0 Å². The standard InChI is InChI=1S/C20H24O2/c1-15(2)9-11-22-20-8-7-16-12-17(5-6-18(16)13-20)19-4-3-10-21-14-19/h5-8,12-13,15,19H,3-4,9-11H2,1-2H3. The second kappa shape index (κ2) is 7.15. The summed E-state index contributed by atoms with van der Waals surface area (Å²) in [5, 5.41) is 2.48. The first-order chi connectivity index (χ1) is 10.7. The molecule has 1 aliphatic rings. The van der Waals surface area contributed by atoms with Crippen LogP contribution in [0.1, 0.15) is 44.6 Å². The average molecular weight is 296 g/mol. The first-order valence-electron chi connectivity index (χ1n) is 8.26. The van der Waals surface area contributed by atoms with E-state index in [2.05, 4.69) is 56.9 Å². The maximum absolute atomic E-state index is 5.84. The minimum absolute atomic E-state index is 0.306. The van der Waals surface area contributed by atoms with Crippen LogP contribution in [0.25, 0.3) is 10.8 Å². The summed E-state index contributed by atoms with van der Waals surface area (Å²) in [4.78, 5) is 0. The highest BCUT2D eigenvalue weighted by Gasteiger charge is 2.17. The van der Waals surface area contributed by atoms with Gasteiger partial charge in [0.2, 0.25) is 0 Å². The van der Waals surface area contributed by atoms with E-state index in [0.717, 1.165) is 38.2 Å². The summed E-state index contributed by atoms with van der Waals surface area (Å²) < 4.78 is 11.2. The highest BCUT2D eigenvalue weighted by molar-refractivity contribution is 5.84. The zero-order valence-electron chi connectivity index (χ0n) is 13.5. The van der Waals surface area contributed by atoms with Crippen LogP contribution in [-0.2, 0) is 4.74 Å². The van der Waals surface area contributed by atoms with Crippen LogP contribution in [0.3, 0.4) is 0 Å². The van der Waals surface area contributed by atoms with E-state index < -0.39 is 0 Å². The fraction of sp³-hybridized carbons (Fsp3) is 0.450. The molecule has 0 bridgehead atoms. The highest BCUT2D eigenvalue weighted by atomic mass is 16.5. The molecule has 0 N–H and O–H groups in total. The van der Waals surface area contributed by atoms with Gasteiger partial charge in [-0.15, -0.1) is 0 Å². The summed E-state index contributed by atoms with van der Waals surface area (Å²) in [6, 6.07) is 13.0. The Morgan fingerprint density at radius 3 is 2.77 bits per heavy atom. The van der Waals surface area contributed by atoms with Crippen molar-refractivity contribution in [2.75, 3.05) is 13.2 Å². The number of fused-ring (bicyclic) bond motifs is 1. The van der Waals surface area contributed by atoms with Crippen molar-refractivity contribution < 1.29 is 9.47 Å². The first-order valence-corrected chi connectivity index (χ1v) is 8.26. The summed E-state index contributed by atoms with van der Waals surface area (Å²) >= 11 is 0. The van der Waals surface area contributed by atoms with Crippen LogP contribution in [0.4, 0.5) is 0 Å². The Bertz CT molecular complexity index is 612. The number of hydrogen-bond acceptors (Lipinski definition) is 2. The van der Waals surface area contributed by atoms with Crippen molar-refractivity contribution in [3.05, 3.63) is 48.6 Å². The van der Waals surface area contributed by atoms with Gasteiger partial charge in [-0.25, -0.2) is 0 Å². The third-order valence-corrected chi connectivity index (χ3v) is 4.17. The van der Waals surface area contributed by atoms with Crippen LogP contribution < -0.4 is 4.74 Å². The van der Waals surface area contributed by atoms with Gasteiger partial charge in [0.1, 0.15) is 12.4 Å². The Morgan fingerprint density at radius 1 is 1.18 bits per heavy atom. The molecule has 1 aliphatic heterocycles. The van der Waals surface area contributed by atoms with Gasteiger partial charge in [0, 0.05) is 12.5 Å². The maximum Gasteiger partial charge on any atom is 0.140 e. The van der Waals surface area contributed by atoms with Crippen LogP contribution in [-0.4, -0.2) is 13.2 Å². The van der Waals surface area contributed by atoms with Crippen LogP contribution in [0.15, 0.2) is 36.4 Å². The van der Waals surface area contributed by atoms with E-state index >= 15 is 0 Å². The molecule has 1 atom stereocenters. The molecular weight excluding hydrogens is 272 g/mol. The minimum Gasteiger partial charge on any atom is -0.494 e. The SMILES string of the molecule is CC(C)CCOc1ccc2cc(C3[C]OCCC3)ccc2c1. The zero-order chi connectivity index (χ0) is 15.4. The molecule has 2 aromatic rings. The second-order valence-corrected chi connectivity index (χ2v) is 6.46. The number of ether oxygens (including phenoxy) is 2. The number of benzene rings is 2. The fourth-order valence-corrected chi connectivity index (χ4v) is 2.77. The summed E-state index contributed by atoms with van der Waals surface area (Å²) in [6.45, 7) is 9.15. The van der Waals surface area contributed by atoms with E-state index in [1.165, 1.54) is 16.3 Å². The summed E-state index contributed by atoms with van der Waals surface area (Å²) in [6.07, 6.45) is 3.32. The van der Waals surface area contributed by atoms with Gasteiger partial charge in [0.15, 0.2) is 0 Å². The lowest BCUT2D eigenvalue weighted by Crippen LogP contribution is -2.10. The molecule has 1 heterocycles. The smallest absolute Gasteiger partial charge is 0.140 e. The van der Waals surface area contributed by atoms with Crippen molar-refractivity contribution in [1.82, 2.24) is 0 Å². The van der Waals surface area contributed by atoms with Crippen molar-refractivity contribution >= 4 is 10.8 Å². The van der Waals surface area contributed by atoms with Gasteiger partial charge in [-0.3, -0.25) is 0 Å². The molecule has 0 spiro atoms. The van der Waals surface area contributed by atoms with Gasteiger partial charge in [0.25, 0.3) is 0 Å². The maximum atomic E-state index is 5.84. The van der Waals surface area contributed by atoms with E-state index in [1.807, 2.05) is 0 Å². The summed E-state index contributed by atoms with van der Waals surface area (Å²) in [5.41, 5.74) is 1.29. The second-order valence-electron chi connectivity index (χ2n) is 6.46. The van der Waals surface area contributed by atoms with E-state index in [9.17, 15) is 0 Å². The molecule has 3 rings (SSSR count). The lowest BCUT2D eigenvalue weighted by molar-refractivity contribution is 0.140. The quantitative estimate of drug-likeness (QED) is 0.755. The Morgan fingerprint density at radius 2 is 2.00 bits per heavy atom. The van der Waals surface area contributed by atoms with Gasteiger partial charge in [-0.05, 0) is 53.6 Å². The Balaban J connectivity index is 1.73. The molecule has 1 fully saturated rings. The van der Waals surface area contributed by atoms with Gasteiger partial charge in [0.05, 0.1) is 6.61 Å². The van der Waals surface area contributed by atoms with E-state index in [0.29, 0.717) is 11.8 Å². The van der Waals surface area contributed by atoms with Gasteiger partial charge >= 0.3 is 0 Å². The van der Waals surface area contributed by atoms with Crippen LogP contribution >= 0.6 is 0 Å². The van der Waals surface area contributed by atoms with Crippen LogP contribution in [0, 0.1) is 12.5 Å². The van der Waals surface area contributed by atoms with Crippen molar-refractivity contribution in [3.8, 4) is 5.75 Å².